The third kappa shape index (κ3) is 3.73. The van der Waals surface area contributed by atoms with Crippen LogP contribution in [0.1, 0.15) is 11.1 Å². The molecule has 0 saturated carbocycles. The zero-order valence-electron chi connectivity index (χ0n) is 12.3. The second-order valence-electron chi connectivity index (χ2n) is 5.25. The summed E-state index contributed by atoms with van der Waals surface area (Å²) in [6.45, 7) is 0.407. The van der Waals surface area contributed by atoms with Crippen LogP contribution in [0.3, 0.4) is 0 Å². The number of ether oxygens (including phenoxy) is 1. The highest BCUT2D eigenvalue weighted by Crippen LogP contribution is 2.27. The van der Waals surface area contributed by atoms with Crippen molar-refractivity contribution in [3.05, 3.63) is 76.1 Å². The summed E-state index contributed by atoms with van der Waals surface area (Å²) in [5.74, 6) is 0.592. The van der Waals surface area contributed by atoms with Gasteiger partial charge in [-0.3, -0.25) is 4.79 Å². The number of halogens is 1. The van der Waals surface area contributed by atoms with Crippen LogP contribution in [0.4, 0.5) is 0 Å². The van der Waals surface area contributed by atoms with Crippen LogP contribution < -0.4 is 10.3 Å². The van der Waals surface area contributed by atoms with Crippen molar-refractivity contribution in [1.82, 2.24) is 4.98 Å². The number of aromatic amines is 1. The molecule has 1 atom stereocenters. The number of rotatable bonds is 5. The van der Waals surface area contributed by atoms with Crippen LogP contribution in [0.5, 0.6) is 5.75 Å². The van der Waals surface area contributed by atoms with Gasteiger partial charge in [0, 0.05) is 17.9 Å². The molecule has 0 fully saturated rings. The number of fused-ring (bicyclic) bond motifs is 1. The molecule has 0 spiro atoms. The number of pyridine rings is 1. The maximum Gasteiger partial charge on any atom is 0.248 e. The van der Waals surface area contributed by atoms with E-state index in [1.807, 2.05) is 36.4 Å². The number of H-pyrrole nitrogens is 1. The van der Waals surface area contributed by atoms with Gasteiger partial charge in [-0.15, -0.1) is 0 Å². The molecule has 2 N–H and O–H groups in total. The lowest BCUT2D eigenvalue weighted by molar-refractivity contribution is 0.257. The maximum atomic E-state index is 11.7. The summed E-state index contributed by atoms with van der Waals surface area (Å²) < 4.78 is 5.85. The lowest BCUT2D eigenvalue weighted by atomic mass is 10.1. The minimum absolute atomic E-state index is 0.203. The SMILES string of the molecule is O=c1ccc2c(C[C@H](O)Cl)ccc(OCc3ccccc3)c2[nH]1. The highest BCUT2D eigenvalue weighted by molar-refractivity contribution is 6.19. The normalized spacial score (nSPS) is 12.3. The van der Waals surface area contributed by atoms with Gasteiger partial charge in [0.2, 0.25) is 5.56 Å². The first-order valence-corrected chi connectivity index (χ1v) is 7.71. The third-order valence-electron chi connectivity index (χ3n) is 3.57. The topological polar surface area (TPSA) is 62.3 Å². The number of nitrogens with one attached hydrogen (secondary N) is 1. The van der Waals surface area contributed by atoms with Crippen LogP contribution in [0, 0.1) is 0 Å². The molecule has 0 unspecified atom stereocenters. The molecule has 118 valence electrons. The summed E-state index contributed by atoms with van der Waals surface area (Å²) in [7, 11) is 0. The fourth-order valence-corrected chi connectivity index (χ4v) is 2.67. The van der Waals surface area contributed by atoms with Gasteiger partial charge in [0.25, 0.3) is 0 Å². The van der Waals surface area contributed by atoms with Crippen LogP contribution in [0.15, 0.2) is 59.4 Å². The Morgan fingerprint density at radius 2 is 1.87 bits per heavy atom. The first-order valence-electron chi connectivity index (χ1n) is 7.27. The largest absolute Gasteiger partial charge is 0.487 e. The molecule has 0 aliphatic carbocycles. The van der Waals surface area contributed by atoms with Crippen molar-refractivity contribution in [3.8, 4) is 5.75 Å². The number of aromatic nitrogens is 1. The second kappa shape index (κ2) is 6.86. The summed E-state index contributed by atoms with van der Waals surface area (Å²) in [5, 5.41) is 10.2. The molecule has 3 rings (SSSR count). The standard InChI is InChI=1S/C18H16ClNO3/c19-16(21)10-13-6-8-15(18-14(13)7-9-17(22)20-18)23-11-12-4-2-1-3-5-12/h1-9,16,21H,10-11H2,(H,20,22)/t16-/m0/s1. The Morgan fingerprint density at radius 3 is 2.61 bits per heavy atom. The van der Waals surface area contributed by atoms with Crippen molar-refractivity contribution in [2.75, 3.05) is 0 Å². The molecule has 1 heterocycles. The maximum absolute atomic E-state index is 11.7. The molecule has 0 radical (unpaired) electrons. The Kier molecular flexibility index (Phi) is 4.65. The van der Waals surface area contributed by atoms with E-state index in [4.69, 9.17) is 16.3 Å². The van der Waals surface area contributed by atoms with Crippen molar-refractivity contribution < 1.29 is 9.84 Å². The quantitative estimate of drug-likeness (QED) is 0.707. The molecule has 4 nitrogen and oxygen atoms in total. The van der Waals surface area contributed by atoms with Crippen LogP contribution >= 0.6 is 11.6 Å². The fourth-order valence-electron chi connectivity index (χ4n) is 2.50. The highest BCUT2D eigenvalue weighted by atomic mass is 35.5. The van der Waals surface area contributed by atoms with Gasteiger partial charge in [0.15, 0.2) is 0 Å². The third-order valence-corrected chi connectivity index (χ3v) is 3.73. The number of aliphatic hydroxyl groups excluding tert-OH is 1. The summed E-state index contributed by atoms with van der Waals surface area (Å²) in [6, 6.07) is 16.6. The van der Waals surface area contributed by atoms with Crippen LogP contribution in [-0.4, -0.2) is 15.7 Å². The van der Waals surface area contributed by atoms with Crippen molar-refractivity contribution in [3.63, 3.8) is 0 Å². The van der Waals surface area contributed by atoms with E-state index in [1.54, 1.807) is 12.1 Å². The van der Waals surface area contributed by atoms with Gasteiger partial charge < -0.3 is 14.8 Å². The number of alkyl halides is 1. The summed E-state index contributed by atoms with van der Waals surface area (Å²) in [4.78, 5) is 14.5. The molecular weight excluding hydrogens is 314 g/mol. The molecule has 3 aromatic rings. The zero-order valence-corrected chi connectivity index (χ0v) is 13.1. The van der Waals surface area contributed by atoms with Crippen molar-refractivity contribution in [1.29, 1.82) is 0 Å². The summed E-state index contributed by atoms with van der Waals surface area (Å²) in [5.41, 5.74) is 1.33. The number of aliphatic hydroxyl groups is 1. The Hall–Kier alpha value is -2.30. The number of hydrogen-bond donors (Lipinski definition) is 2. The van der Waals surface area contributed by atoms with Gasteiger partial charge in [-0.1, -0.05) is 48.0 Å². The van der Waals surface area contributed by atoms with E-state index in [0.29, 0.717) is 24.3 Å². The second-order valence-corrected chi connectivity index (χ2v) is 5.75. The van der Waals surface area contributed by atoms with Crippen LogP contribution in [0.25, 0.3) is 10.9 Å². The minimum atomic E-state index is -0.971. The monoisotopic (exact) mass is 329 g/mol. The van der Waals surface area contributed by atoms with Gasteiger partial charge in [-0.05, 0) is 23.3 Å². The molecule has 5 heteroatoms. The van der Waals surface area contributed by atoms with Gasteiger partial charge in [0.1, 0.15) is 17.9 Å². The molecule has 0 amide bonds. The Labute approximate surface area is 138 Å². The van der Waals surface area contributed by atoms with Crippen molar-refractivity contribution >= 4 is 22.5 Å². The van der Waals surface area contributed by atoms with Gasteiger partial charge in [0.05, 0.1) is 5.52 Å². The summed E-state index contributed by atoms with van der Waals surface area (Å²) in [6.07, 6.45) is 0.295. The van der Waals surface area contributed by atoms with Crippen LogP contribution in [0.2, 0.25) is 0 Å². The number of hydrogen-bond acceptors (Lipinski definition) is 3. The van der Waals surface area contributed by atoms with Crippen molar-refractivity contribution in [2.45, 2.75) is 18.6 Å². The zero-order chi connectivity index (χ0) is 16.2. The number of benzene rings is 2. The molecule has 0 saturated heterocycles. The molecule has 1 aromatic heterocycles. The lowest BCUT2D eigenvalue weighted by Crippen LogP contribution is -2.08. The Bertz CT molecular complexity index is 859. The highest BCUT2D eigenvalue weighted by Gasteiger charge is 2.11. The smallest absolute Gasteiger partial charge is 0.248 e. The molecular formula is C18H16ClNO3. The van der Waals surface area contributed by atoms with Gasteiger partial charge >= 0.3 is 0 Å². The van der Waals surface area contributed by atoms with E-state index in [1.165, 1.54) is 6.07 Å². The average molecular weight is 330 g/mol. The lowest BCUT2D eigenvalue weighted by Gasteiger charge is -2.13. The Balaban J connectivity index is 1.97. The van der Waals surface area contributed by atoms with Crippen LogP contribution in [-0.2, 0) is 13.0 Å². The molecule has 2 aromatic carbocycles. The average Bonchev–Trinajstić information content (AvgIpc) is 2.54. The van der Waals surface area contributed by atoms with E-state index in [2.05, 4.69) is 4.98 Å². The molecule has 0 aliphatic rings. The first-order chi connectivity index (χ1) is 11.1. The van der Waals surface area contributed by atoms with E-state index < -0.39 is 5.56 Å². The molecule has 0 bridgehead atoms. The molecule has 0 aliphatic heterocycles. The predicted molar refractivity (Wildman–Crippen MR) is 90.9 cm³/mol. The fraction of sp³-hybridized carbons (Fsp3) is 0.167. The van der Waals surface area contributed by atoms with E-state index in [9.17, 15) is 9.90 Å². The summed E-state index contributed by atoms with van der Waals surface area (Å²) >= 11 is 5.68. The Morgan fingerprint density at radius 1 is 1.09 bits per heavy atom. The van der Waals surface area contributed by atoms with E-state index in [-0.39, 0.29) is 5.56 Å². The molecule has 23 heavy (non-hydrogen) atoms. The van der Waals surface area contributed by atoms with E-state index in [0.717, 1.165) is 16.5 Å². The van der Waals surface area contributed by atoms with Crippen molar-refractivity contribution in [2.24, 2.45) is 0 Å². The van der Waals surface area contributed by atoms with Gasteiger partial charge in [-0.25, -0.2) is 0 Å². The van der Waals surface area contributed by atoms with E-state index >= 15 is 0 Å². The first kappa shape index (κ1) is 15.6. The van der Waals surface area contributed by atoms with Gasteiger partial charge in [-0.2, -0.15) is 0 Å². The minimum Gasteiger partial charge on any atom is -0.487 e. The predicted octanol–water partition coefficient (Wildman–Crippen LogP) is 3.21.